The Morgan fingerprint density at radius 1 is 1.22 bits per heavy atom. The molecular formula is C11H10N4O3. The van der Waals surface area contributed by atoms with Crippen LogP contribution in [0.3, 0.4) is 0 Å². The Hall–Kier alpha value is -2.70. The van der Waals surface area contributed by atoms with E-state index in [4.69, 9.17) is 4.74 Å². The fraction of sp³-hybridized carbons (Fsp3) is 0.0909. The summed E-state index contributed by atoms with van der Waals surface area (Å²) in [5.41, 5.74) is 0.778. The monoisotopic (exact) mass is 246 g/mol. The molecule has 7 nitrogen and oxygen atoms in total. The van der Waals surface area contributed by atoms with Crippen LogP contribution >= 0.6 is 0 Å². The van der Waals surface area contributed by atoms with Gasteiger partial charge in [0.1, 0.15) is 18.1 Å². The Morgan fingerprint density at radius 2 is 1.83 bits per heavy atom. The molecule has 1 aromatic carbocycles. The highest BCUT2D eigenvalue weighted by Gasteiger charge is 2.07. The van der Waals surface area contributed by atoms with E-state index >= 15 is 0 Å². The molecule has 0 bridgehead atoms. The molecule has 1 aromatic heterocycles. The Labute approximate surface area is 103 Å². The molecule has 0 spiro atoms. The van der Waals surface area contributed by atoms with E-state index in [0.29, 0.717) is 5.75 Å². The molecule has 0 aliphatic rings. The Bertz CT molecular complexity index is 539. The van der Waals surface area contributed by atoms with E-state index in [-0.39, 0.29) is 11.7 Å². The van der Waals surface area contributed by atoms with Gasteiger partial charge in [-0.15, -0.1) is 0 Å². The number of ether oxygens (including phenoxy) is 1. The van der Waals surface area contributed by atoms with E-state index in [2.05, 4.69) is 15.3 Å². The predicted octanol–water partition coefficient (Wildman–Crippen LogP) is 2.22. The molecule has 0 fully saturated rings. The van der Waals surface area contributed by atoms with E-state index in [9.17, 15) is 10.1 Å². The largest absolute Gasteiger partial charge is 0.424 e. The number of hydrogen-bond acceptors (Lipinski definition) is 6. The first kappa shape index (κ1) is 11.8. The Balaban J connectivity index is 2.10. The van der Waals surface area contributed by atoms with Gasteiger partial charge in [-0.2, -0.15) is 9.97 Å². The lowest BCUT2D eigenvalue weighted by Crippen LogP contribution is -1.95. The van der Waals surface area contributed by atoms with Gasteiger partial charge >= 0.3 is 11.7 Å². The first-order chi connectivity index (χ1) is 8.69. The van der Waals surface area contributed by atoms with Crippen molar-refractivity contribution in [2.75, 3.05) is 12.4 Å². The summed E-state index contributed by atoms with van der Waals surface area (Å²) in [7, 11) is 1.81. The summed E-state index contributed by atoms with van der Waals surface area (Å²) < 4.78 is 5.34. The van der Waals surface area contributed by atoms with Crippen LogP contribution in [-0.2, 0) is 0 Å². The Morgan fingerprint density at radius 3 is 2.33 bits per heavy atom. The maximum absolute atomic E-state index is 10.4. The fourth-order valence-electron chi connectivity index (χ4n) is 1.25. The van der Waals surface area contributed by atoms with Crippen LogP contribution in [0.5, 0.6) is 11.8 Å². The van der Waals surface area contributed by atoms with Crippen molar-refractivity contribution in [3.8, 4) is 11.8 Å². The number of benzene rings is 1. The zero-order valence-corrected chi connectivity index (χ0v) is 9.53. The molecule has 0 amide bonds. The minimum atomic E-state index is -0.564. The van der Waals surface area contributed by atoms with Crippen LogP contribution in [0.25, 0.3) is 0 Å². The quantitative estimate of drug-likeness (QED) is 0.657. The van der Waals surface area contributed by atoms with E-state index < -0.39 is 4.92 Å². The summed E-state index contributed by atoms with van der Waals surface area (Å²) in [6.45, 7) is 0. The van der Waals surface area contributed by atoms with Crippen molar-refractivity contribution in [1.82, 2.24) is 9.97 Å². The normalized spacial score (nSPS) is 9.83. The summed E-state index contributed by atoms with van der Waals surface area (Å²) in [4.78, 5) is 17.3. The SMILES string of the molecule is CNc1ccc(Oc2ncc([N+](=O)[O-])cn2)cc1. The first-order valence-corrected chi connectivity index (χ1v) is 5.11. The van der Waals surface area contributed by atoms with Gasteiger partial charge in [0.05, 0.1) is 4.92 Å². The number of hydrogen-bond donors (Lipinski definition) is 1. The fourth-order valence-corrected chi connectivity index (χ4v) is 1.25. The molecule has 0 radical (unpaired) electrons. The third kappa shape index (κ3) is 2.70. The van der Waals surface area contributed by atoms with Gasteiger partial charge in [-0.25, -0.2) is 0 Å². The van der Waals surface area contributed by atoms with E-state index in [1.807, 2.05) is 19.2 Å². The highest BCUT2D eigenvalue weighted by molar-refractivity contribution is 5.46. The van der Waals surface area contributed by atoms with Crippen LogP contribution in [0.4, 0.5) is 11.4 Å². The average Bonchev–Trinajstić information content (AvgIpc) is 2.40. The minimum absolute atomic E-state index is 0.0674. The van der Waals surface area contributed by atoms with Crippen molar-refractivity contribution >= 4 is 11.4 Å². The zero-order valence-electron chi connectivity index (χ0n) is 9.53. The molecule has 18 heavy (non-hydrogen) atoms. The second-order valence-corrected chi connectivity index (χ2v) is 3.36. The van der Waals surface area contributed by atoms with Crippen LogP contribution in [0.2, 0.25) is 0 Å². The second kappa shape index (κ2) is 5.09. The molecule has 0 aliphatic carbocycles. The van der Waals surface area contributed by atoms with Crippen LogP contribution in [0.15, 0.2) is 36.7 Å². The molecule has 1 heterocycles. The van der Waals surface area contributed by atoms with Crippen LogP contribution in [0, 0.1) is 10.1 Å². The number of nitrogens with one attached hydrogen (secondary N) is 1. The highest BCUT2D eigenvalue weighted by atomic mass is 16.6. The predicted molar refractivity (Wildman–Crippen MR) is 64.7 cm³/mol. The molecule has 2 aromatic rings. The maximum atomic E-state index is 10.4. The molecule has 0 saturated carbocycles. The summed E-state index contributed by atoms with van der Waals surface area (Å²) in [6.07, 6.45) is 2.20. The van der Waals surface area contributed by atoms with Gasteiger partial charge in [-0.3, -0.25) is 10.1 Å². The van der Waals surface area contributed by atoms with Gasteiger partial charge in [-0.05, 0) is 24.3 Å². The first-order valence-electron chi connectivity index (χ1n) is 5.11. The van der Waals surface area contributed by atoms with E-state index in [1.54, 1.807) is 12.1 Å². The topological polar surface area (TPSA) is 90.2 Å². The Kier molecular flexibility index (Phi) is 3.33. The van der Waals surface area contributed by atoms with Gasteiger partial charge in [0, 0.05) is 12.7 Å². The van der Waals surface area contributed by atoms with Crippen molar-refractivity contribution < 1.29 is 9.66 Å². The lowest BCUT2D eigenvalue weighted by atomic mass is 10.3. The lowest BCUT2D eigenvalue weighted by Gasteiger charge is -2.04. The smallest absolute Gasteiger partial charge is 0.322 e. The summed E-state index contributed by atoms with van der Waals surface area (Å²) in [5, 5.41) is 13.4. The summed E-state index contributed by atoms with van der Waals surface area (Å²) >= 11 is 0. The molecule has 1 N–H and O–H groups in total. The van der Waals surface area contributed by atoms with Crippen LogP contribution in [0.1, 0.15) is 0 Å². The second-order valence-electron chi connectivity index (χ2n) is 3.36. The van der Waals surface area contributed by atoms with Gasteiger partial charge < -0.3 is 10.1 Å². The minimum Gasteiger partial charge on any atom is -0.424 e. The highest BCUT2D eigenvalue weighted by Crippen LogP contribution is 2.20. The molecule has 0 unspecified atom stereocenters. The third-order valence-corrected chi connectivity index (χ3v) is 2.18. The summed E-state index contributed by atoms with van der Waals surface area (Å²) in [5.74, 6) is 0.558. The molecule has 0 aliphatic heterocycles. The zero-order chi connectivity index (χ0) is 13.0. The van der Waals surface area contributed by atoms with Gasteiger partial charge in [0.25, 0.3) is 0 Å². The standard InChI is InChI=1S/C11H10N4O3/c1-12-8-2-4-10(5-3-8)18-11-13-6-9(7-14-11)15(16)17/h2-7,12H,1H3. The van der Waals surface area contributed by atoms with Crippen molar-refractivity contribution in [2.24, 2.45) is 0 Å². The number of anilines is 1. The third-order valence-electron chi connectivity index (χ3n) is 2.18. The van der Waals surface area contributed by atoms with Gasteiger partial charge in [0.15, 0.2) is 0 Å². The van der Waals surface area contributed by atoms with Crippen molar-refractivity contribution in [3.63, 3.8) is 0 Å². The lowest BCUT2D eigenvalue weighted by molar-refractivity contribution is -0.385. The van der Waals surface area contributed by atoms with Crippen molar-refractivity contribution in [2.45, 2.75) is 0 Å². The molecule has 92 valence electrons. The van der Waals surface area contributed by atoms with Crippen LogP contribution < -0.4 is 10.1 Å². The van der Waals surface area contributed by atoms with Crippen molar-refractivity contribution in [1.29, 1.82) is 0 Å². The number of nitro groups is 1. The summed E-state index contributed by atoms with van der Waals surface area (Å²) in [6, 6.07) is 7.23. The number of aromatic nitrogens is 2. The van der Waals surface area contributed by atoms with Gasteiger partial charge in [0.2, 0.25) is 0 Å². The van der Waals surface area contributed by atoms with Gasteiger partial charge in [-0.1, -0.05) is 0 Å². The van der Waals surface area contributed by atoms with E-state index in [0.717, 1.165) is 18.1 Å². The molecule has 0 saturated heterocycles. The molecule has 0 atom stereocenters. The van der Waals surface area contributed by atoms with Crippen molar-refractivity contribution in [3.05, 3.63) is 46.8 Å². The van der Waals surface area contributed by atoms with Crippen LogP contribution in [-0.4, -0.2) is 21.9 Å². The molecule has 2 rings (SSSR count). The van der Waals surface area contributed by atoms with E-state index in [1.165, 1.54) is 0 Å². The number of rotatable bonds is 4. The average molecular weight is 246 g/mol. The molecule has 7 heteroatoms. The molecular weight excluding hydrogens is 236 g/mol. The number of nitrogens with zero attached hydrogens (tertiary/aromatic N) is 3. The maximum Gasteiger partial charge on any atom is 0.322 e.